The maximum absolute atomic E-state index is 12.5. The van der Waals surface area contributed by atoms with Gasteiger partial charge in [0.1, 0.15) is 0 Å². The van der Waals surface area contributed by atoms with Gasteiger partial charge in [-0.1, -0.05) is 0 Å². The number of rotatable bonds is 2. The molecule has 1 atom stereocenters. The summed E-state index contributed by atoms with van der Waals surface area (Å²) in [7, 11) is 0. The molecule has 1 unspecified atom stereocenters. The molecule has 6 nitrogen and oxygen atoms in total. The van der Waals surface area contributed by atoms with Crippen molar-refractivity contribution >= 4 is 22.8 Å². The zero-order valence-corrected chi connectivity index (χ0v) is 11.0. The van der Waals surface area contributed by atoms with Crippen molar-refractivity contribution in [1.82, 2.24) is 14.9 Å². The van der Waals surface area contributed by atoms with E-state index in [1.807, 2.05) is 6.07 Å². The summed E-state index contributed by atoms with van der Waals surface area (Å²) in [5, 5.41) is 0. The van der Waals surface area contributed by atoms with Gasteiger partial charge in [-0.25, -0.2) is 4.98 Å². The van der Waals surface area contributed by atoms with E-state index in [4.69, 9.17) is 5.73 Å². The molecule has 1 fully saturated rings. The number of primary amides is 1. The van der Waals surface area contributed by atoms with E-state index >= 15 is 0 Å². The molecular formula is C14H16N4O2. The van der Waals surface area contributed by atoms with Crippen molar-refractivity contribution in [3.63, 3.8) is 0 Å². The van der Waals surface area contributed by atoms with E-state index in [0.717, 1.165) is 23.9 Å². The van der Waals surface area contributed by atoms with Crippen molar-refractivity contribution in [3.8, 4) is 0 Å². The van der Waals surface area contributed by atoms with E-state index < -0.39 is 0 Å². The van der Waals surface area contributed by atoms with Crippen LogP contribution in [0.1, 0.15) is 23.2 Å². The van der Waals surface area contributed by atoms with Crippen LogP contribution in [0.5, 0.6) is 0 Å². The van der Waals surface area contributed by atoms with Gasteiger partial charge in [-0.2, -0.15) is 0 Å². The number of aromatic nitrogens is 2. The van der Waals surface area contributed by atoms with Crippen molar-refractivity contribution in [3.05, 3.63) is 30.1 Å². The molecule has 20 heavy (non-hydrogen) atoms. The van der Waals surface area contributed by atoms with Crippen molar-refractivity contribution < 1.29 is 9.59 Å². The molecule has 1 aliphatic heterocycles. The van der Waals surface area contributed by atoms with Crippen LogP contribution in [0.3, 0.4) is 0 Å². The number of nitrogens with one attached hydrogen (secondary N) is 1. The molecule has 0 aliphatic carbocycles. The molecule has 0 radical (unpaired) electrons. The third kappa shape index (κ3) is 2.24. The summed E-state index contributed by atoms with van der Waals surface area (Å²) in [6.07, 6.45) is 3.17. The Balaban J connectivity index is 1.82. The summed E-state index contributed by atoms with van der Waals surface area (Å²) in [6, 6.07) is 5.37. The average Bonchev–Trinajstić information content (AvgIpc) is 2.94. The summed E-state index contributed by atoms with van der Waals surface area (Å²) in [5.41, 5.74) is 7.60. The summed E-state index contributed by atoms with van der Waals surface area (Å²) in [6.45, 7) is 1.08. The van der Waals surface area contributed by atoms with Crippen LogP contribution in [-0.2, 0) is 4.79 Å². The van der Waals surface area contributed by atoms with Crippen molar-refractivity contribution in [2.75, 3.05) is 13.1 Å². The van der Waals surface area contributed by atoms with Crippen molar-refractivity contribution in [2.24, 2.45) is 11.7 Å². The maximum Gasteiger partial charge on any atom is 0.253 e. The SMILES string of the molecule is NC(=O)C1CCCN(C(=O)c2ccc3nc[nH]c3c2)C1. The first-order chi connectivity index (χ1) is 9.65. The normalized spacial score (nSPS) is 19.2. The van der Waals surface area contributed by atoms with Crippen molar-refractivity contribution in [1.29, 1.82) is 0 Å². The molecule has 1 saturated heterocycles. The Morgan fingerprint density at radius 2 is 2.25 bits per heavy atom. The van der Waals surface area contributed by atoms with E-state index in [9.17, 15) is 9.59 Å². The summed E-state index contributed by atoms with van der Waals surface area (Å²) < 4.78 is 0. The van der Waals surface area contributed by atoms with E-state index in [0.29, 0.717) is 18.7 Å². The fourth-order valence-electron chi connectivity index (χ4n) is 2.65. The minimum absolute atomic E-state index is 0.0625. The van der Waals surface area contributed by atoms with Gasteiger partial charge in [-0.15, -0.1) is 0 Å². The number of aromatic amines is 1. The number of benzene rings is 1. The molecule has 3 rings (SSSR count). The molecule has 6 heteroatoms. The molecule has 3 N–H and O–H groups in total. The number of piperidine rings is 1. The summed E-state index contributed by atoms with van der Waals surface area (Å²) in [4.78, 5) is 32.6. The van der Waals surface area contributed by atoms with Crippen LogP contribution in [0.4, 0.5) is 0 Å². The van der Waals surface area contributed by atoms with Crippen LogP contribution < -0.4 is 5.73 Å². The fourth-order valence-corrected chi connectivity index (χ4v) is 2.65. The number of imidazole rings is 1. The van der Waals surface area contributed by atoms with Gasteiger partial charge in [-0.05, 0) is 31.0 Å². The Morgan fingerprint density at radius 3 is 3.05 bits per heavy atom. The lowest BCUT2D eigenvalue weighted by Gasteiger charge is -2.31. The van der Waals surface area contributed by atoms with E-state index in [1.165, 1.54) is 0 Å². The highest BCUT2D eigenvalue weighted by Crippen LogP contribution is 2.19. The first-order valence-corrected chi connectivity index (χ1v) is 6.67. The molecule has 2 aromatic rings. The number of hydrogen-bond donors (Lipinski definition) is 2. The zero-order valence-electron chi connectivity index (χ0n) is 11.0. The largest absolute Gasteiger partial charge is 0.369 e. The third-order valence-electron chi connectivity index (χ3n) is 3.78. The van der Waals surface area contributed by atoms with Crippen LogP contribution in [0.2, 0.25) is 0 Å². The lowest BCUT2D eigenvalue weighted by Crippen LogP contribution is -2.44. The van der Waals surface area contributed by atoms with Gasteiger partial charge in [-0.3, -0.25) is 9.59 Å². The number of likely N-dealkylation sites (tertiary alicyclic amines) is 1. The standard InChI is InChI=1S/C14H16N4O2/c15-13(19)10-2-1-5-18(7-10)14(20)9-3-4-11-12(6-9)17-8-16-11/h3-4,6,8,10H,1-2,5,7H2,(H2,15,19)(H,16,17). The number of carbonyl (C=O) groups is 2. The predicted octanol–water partition coefficient (Wildman–Crippen LogP) is 0.900. The number of fused-ring (bicyclic) bond motifs is 1. The molecule has 1 aromatic carbocycles. The Labute approximate surface area is 116 Å². The number of carbonyl (C=O) groups excluding carboxylic acids is 2. The average molecular weight is 272 g/mol. The lowest BCUT2D eigenvalue weighted by atomic mass is 9.97. The second-order valence-corrected chi connectivity index (χ2v) is 5.13. The monoisotopic (exact) mass is 272 g/mol. The highest BCUT2D eigenvalue weighted by molar-refractivity contribution is 5.97. The Bertz CT molecular complexity index is 664. The Morgan fingerprint density at radius 1 is 1.40 bits per heavy atom. The maximum atomic E-state index is 12.5. The van der Waals surface area contributed by atoms with Crippen LogP contribution in [0.25, 0.3) is 11.0 Å². The quantitative estimate of drug-likeness (QED) is 0.850. The van der Waals surface area contributed by atoms with Gasteiger partial charge < -0.3 is 15.6 Å². The predicted molar refractivity (Wildman–Crippen MR) is 73.9 cm³/mol. The van der Waals surface area contributed by atoms with Gasteiger partial charge in [0.15, 0.2) is 0 Å². The van der Waals surface area contributed by atoms with E-state index in [2.05, 4.69) is 9.97 Å². The summed E-state index contributed by atoms with van der Waals surface area (Å²) in [5.74, 6) is -0.623. The van der Waals surface area contributed by atoms with Gasteiger partial charge in [0, 0.05) is 18.7 Å². The smallest absolute Gasteiger partial charge is 0.253 e. The molecule has 2 amide bonds. The highest BCUT2D eigenvalue weighted by Gasteiger charge is 2.27. The molecular weight excluding hydrogens is 256 g/mol. The van der Waals surface area contributed by atoms with Gasteiger partial charge in [0.25, 0.3) is 5.91 Å². The molecule has 0 bridgehead atoms. The minimum Gasteiger partial charge on any atom is -0.369 e. The van der Waals surface area contributed by atoms with Crippen LogP contribution in [0.15, 0.2) is 24.5 Å². The van der Waals surface area contributed by atoms with Gasteiger partial charge >= 0.3 is 0 Å². The number of H-pyrrole nitrogens is 1. The first-order valence-electron chi connectivity index (χ1n) is 6.67. The summed E-state index contributed by atoms with van der Waals surface area (Å²) >= 11 is 0. The number of amides is 2. The number of hydrogen-bond acceptors (Lipinski definition) is 3. The molecule has 1 aromatic heterocycles. The van der Waals surface area contributed by atoms with E-state index in [-0.39, 0.29) is 17.7 Å². The fraction of sp³-hybridized carbons (Fsp3) is 0.357. The van der Waals surface area contributed by atoms with Crippen LogP contribution in [-0.4, -0.2) is 39.8 Å². The van der Waals surface area contributed by atoms with Gasteiger partial charge in [0.05, 0.1) is 23.3 Å². The molecule has 0 spiro atoms. The molecule has 0 saturated carbocycles. The molecule has 1 aliphatic rings. The Hall–Kier alpha value is -2.37. The third-order valence-corrected chi connectivity index (χ3v) is 3.78. The Kier molecular flexibility index (Phi) is 3.14. The number of nitrogens with two attached hydrogens (primary N) is 1. The van der Waals surface area contributed by atoms with Crippen LogP contribution >= 0.6 is 0 Å². The first kappa shape index (κ1) is 12.7. The molecule has 104 valence electrons. The minimum atomic E-state index is -0.327. The van der Waals surface area contributed by atoms with E-state index in [1.54, 1.807) is 23.4 Å². The highest BCUT2D eigenvalue weighted by atomic mass is 16.2. The zero-order chi connectivity index (χ0) is 14.1. The van der Waals surface area contributed by atoms with Crippen molar-refractivity contribution in [2.45, 2.75) is 12.8 Å². The number of nitrogens with zero attached hydrogens (tertiary/aromatic N) is 2. The lowest BCUT2D eigenvalue weighted by molar-refractivity contribution is -0.123. The second kappa shape index (κ2) is 4.96. The van der Waals surface area contributed by atoms with Gasteiger partial charge in [0.2, 0.25) is 5.91 Å². The molecule has 2 heterocycles. The van der Waals surface area contributed by atoms with Crippen LogP contribution in [0, 0.1) is 5.92 Å². The topological polar surface area (TPSA) is 92.1 Å². The second-order valence-electron chi connectivity index (χ2n) is 5.13.